The third kappa shape index (κ3) is 3.44. The largest absolute Gasteiger partial charge is 0.391 e. The van der Waals surface area contributed by atoms with Crippen molar-refractivity contribution in [3.8, 4) is 0 Å². The maximum Gasteiger partial charge on any atom is 0.380 e. The Bertz CT molecular complexity index is 266. The zero-order chi connectivity index (χ0) is 14.8. The Hall–Kier alpha value is -0.640. The zero-order valence-corrected chi connectivity index (χ0v) is 8.95. The van der Waals surface area contributed by atoms with E-state index in [0.717, 1.165) is 6.92 Å². The van der Waals surface area contributed by atoms with Crippen molar-refractivity contribution in [2.75, 3.05) is 13.2 Å². The van der Waals surface area contributed by atoms with Gasteiger partial charge < -0.3 is 9.84 Å². The van der Waals surface area contributed by atoms with Crippen molar-refractivity contribution < 1.29 is 45.0 Å². The minimum atomic E-state index is -6.27. The number of hydrogen-bond donors (Lipinski definition) is 1. The summed E-state index contributed by atoms with van der Waals surface area (Å²) in [6, 6.07) is 0. The smallest absolute Gasteiger partial charge is 0.380 e. The highest BCUT2D eigenvalue weighted by Crippen LogP contribution is 2.48. The van der Waals surface area contributed by atoms with Crippen molar-refractivity contribution in [1.29, 1.82) is 0 Å². The molecule has 0 saturated carbocycles. The molecule has 0 bridgehead atoms. The second-order valence-corrected chi connectivity index (χ2v) is 3.57. The van der Waals surface area contributed by atoms with Crippen LogP contribution in [-0.2, 0) is 4.74 Å². The molecule has 0 saturated heterocycles. The Morgan fingerprint density at radius 2 is 1.50 bits per heavy atom. The lowest BCUT2D eigenvalue weighted by atomic mass is 10.1. The number of halogens is 8. The molecule has 0 spiro atoms. The van der Waals surface area contributed by atoms with E-state index < -0.39 is 43.5 Å². The lowest BCUT2D eigenvalue weighted by Crippen LogP contribution is -2.59. The van der Waals surface area contributed by atoms with E-state index in [1.807, 2.05) is 0 Å². The maximum atomic E-state index is 12.7. The number of aliphatic hydroxyl groups excluding tert-OH is 1. The van der Waals surface area contributed by atoms with Gasteiger partial charge in [-0.25, -0.2) is 8.78 Å². The van der Waals surface area contributed by atoms with Gasteiger partial charge in [0.25, 0.3) is 0 Å². The van der Waals surface area contributed by atoms with Crippen LogP contribution in [0.5, 0.6) is 0 Å². The summed E-state index contributed by atoms with van der Waals surface area (Å²) >= 11 is 0. The van der Waals surface area contributed by atoms with Gasteiger partial charge in [-0.3, -0.25) is 0 Å². The topological polar surface area (TPSA) is 29.5 Å². The molecule has 110 valence electrons. The monoisotopic (exact) mass is 290 g/mol. The summed E-state index contributed by atoms with van der Waals surface area (Å²) in [5.74, 6) is -18.0. The highest BCUT2D eigenvalue weighted by molar-refractivity contribution is 4.97. The van der Waals surface area contributed by atoms with E-state index in [0.29, 0.717) is 0 Å². The molecule has 0 aliphatic heterocycles. The van der Waals surface area contributed by atoms with Crippen LogP contribution in [0.25, 0.3) is 0 Å². The first-order valence-electron chi connectivity index (χ1n) is 4.53. The Kier molecular flexibility index (Phi) is 5.36. The number of aliphatic hydroxyl groups is 1. The van der Waals surface area contributed by atoms with Crippen LogP contribution < -0.4 is 0 Å². The Labute approximate surface area is 96.5 Å². The molecule has 0 aromatic heterocycles. The van der Waals surface area contributed by atoms with Crippen molar-refractivity contribution in [2.45, 2.75) is 37.2 Å². The van der Waals surface area contributed by atoms with Gasteiger partial charge in [0.1, 0.15) is 6.61 Å². The first-order valence-corrected chi connectivity index (χ1v) is 4.53. The molecule has 2 nitrogen and oxygen atoms in total. The molecule has 0 heterocycles. The Morgan fingerprint density at radius 3 is 1.83 bits per heavy atom. The molecule has 18 heavy (non-hydrogen) atoms. The van der Waals surface area contributed by atoms with E-state index >= 15 is 0 Å². The van der Waals surface area contributed by atoms with E-state index in [1.54, 1.807) is 0 Å². The molecule has 0 aromatic rings. The summed E-state index contributed by atoms with van der Waals surface area (Å²) < 4.78 is 103. The quantitative estimate of drug-likeness (QED) is 0.730. The Morgan fingerprint density at radius 1 is 1.06 bits per heavy atom. The van der Waals surface area contributed by atoms with Crippen LogP contribution >= 0.6 is 0 Å². The highest BCUT2D eigenvalue weighted by Gasteiger charge is 2.75. The molecule has 0 amide bonds. The van der Waals surface area contributed by atoms with Crippen LogP contribution in [0, 0.1) is 0 Å². The summed E-state index contributed by atoms with van der Waals surface area (Å²) in [6.45, 7) is -1.98. The number of alkyl halides is 8. The molecular formula is C8H10F8O2. The number of hydrogen-bond acceptors (Lipinski definition) is 2. The van der Waals surface area contributed by atoms with Gasteiger partial charge in [0, 0.05) is 0 Å². The highest BCUT2D eigenvalue weighted by atomic mass is 19.4. The minimum absolute atomic E-state index is 0.827. The molecule has 1 N–H and O–H groups in total. The lowest BCUT2D eigenvalue weighted by Gasteiger charge is -2.32. The first-order chi connectivity index (χ1) is 7.86. The van der Waals surface area contributed by atoms with Gasteiger partial charge in [0.05, 0.1) is 12.7 Å². The average Bonchev–Trinajstić information content (AvgIpc) is 2.15. The second-order valence-electron chi connectivity index (χ2n) is 3.57. The third-order valence-electron chi connectivity index (χ3n) is 1.79. The van der Waals surface area contributed by atoms with E-state index in [9.17, 15) is 35.1 Å². The van der Waals surface area contributed by atoms with Gasteiger partial charge in [0.15, 0.2) is 0 Å². The number of rotatable bonds is 7. The Balaban J connectivity index is 4.85. The van der Waals surface area contributed by atoms with Crippen molar-refractivity contribution in [2.24, 2.45) is 0 Å². The fourth-order valence-electron chi connectivity index (χ4n) is 0.829. The normalized spacial score (nSPS) is 16.2. The van der Waals surface area contributed by atoms with Gasteiger partial charge in [-0.2, -0.15) is 26.3 Å². The lowest BCUT2D eigenvalue weighted by molar-refractivity contribution is -0.346. The summed E-state index contributed by atoms with van der Waals surface area (Å²) in [7, 11) is 0. The predicted molar refractivity (Wildman–Crippen MR) is 43.3 cm³/mol. The van der Waals surface area contributed by atoms with Crippen LogP contribution in [0.2, 0.25) is 0 Å². The molecule has 0 aliphatic rings. The van der Waals surface area contributed by atoms with E-state index in [-0.39, 0.29) is 0 Å². The van der Waals surface area contributed by atoms with Crippen molar-refractivity contribution in [3.05, 3.63) is 0 Å². The van der Waals surface area contributed by atoms with Crippen LogP contribution in [-0.4, -0.2) is 48.6 Å². The van der Waals surface area contributed by atoms with E-state index in [2.05, 4.69) is 4.74 Å². The van der Waals surface area contributed by atoms with Crippen molar-refractivity contribution in [3.63, 3.8) is 0 Å². The van der Waals surface area contributed by atoms with Gasteiger partial charge >= 0.3 is 24.2 Å². The van der Waals surface area contributed by atoms with Crippen LogP contribution in [0.3, 0.4) is 0 Å². The summed E-state index contributed by atoms with van der Waals surface area (Å²) in [5.41, 5.74) is 0. The average molecular weight is 290 g/mol. The standard InChI is InChI=1S/C8H10F8O2/c1-4(17)2-18-3-6(11,12)8(15,16)7(13,14)5(9)10/h4-5,17H,2-3H2,1H3. The second kappa shape index (κ2) is 5.55. The fourth-order valence-corrected chi connectivity index (χ4v) is 0.829. The summed E-state index contributed by atoms with van der Waals surface area (Å²) in [6.07, 6.45) is -6.25. The van der Waals surface area contributed by atoms with E-state index in [1.165, 1.54) is 0 Å². The van der Waals surface area contributed by atoms with Crippen LogP contribution in [0.1, 0.15) is 6.92 Å². The molecule has 0 radical (unpaired) electrons. The third-order valence-corrected chi connectivity index (χ3v) is 1.79. The molecule has 1 unspecified atom stereocenters. The van der Waals surface area contributed by atoms with Crippen molar-refractivity contribution in [1.82, 2.24) is 0 Å². The molecule has 0 aromatic carbocycles. The summed E-state index contributed by atoms with van der Waals surface area (Å²) in [5, 5.41) is 8.57. The van der Waals surface area contributed by atoms with Crippen LogP contribution in [0.4, 0.5) is 35.1 Å². The molecule has 1 atom stereocenters. The molecular weight excluding hydrogens is 280 g/mol. The molecule has 0 aliphatic carbocycles. The SMILES string of the molecule is CC(O)COCC(F)(F)C(F)(F)C(F)(F)C(F)F. The summed E-state index contributed by atoms with van der Waals surface area (Å²) in [4.78, 5) is 0. The van der Waals surface area contributed by atoms with Gasteiger partial charge in [-0.15, -0.1) is 0 Å². The first kappa shape index (κ1) is 17.4. The molecule has 0 fully saturated rings. The number of ether oxygens (including phenoxy) is 1. The van der Waals surface area contributed by atoms with Gasteiger partial charge in [-0.05, 0) is 6.92 Å². The minimum Gasteiger partial charge on any atom is -0.391 e. The van der Waals surface area contributed by atoms with Gasteiger partial charge in [0.2, 0.25) is 0 Å². The van der Waals surface area contributed by atoms with Crippen molar-refractivity contribution >= 4 is 0 Å². The molecule has 0 rings (SSSR count). The molecule has 10 heteroatoms. The fraction of sp³-hybridized carbons (Fsp3) is 1.00. The van der Waals surface area contributed by atoms with Gasteiger partial charge in [-0.1, -0.05) is 0 Å². The van der Waals surface area contributed by atoms with E-state index in [4.69, 9.17) is 5.11 Å². The van der Waals surface area contributed by atoms with Crippen LogP contribution in [0.15, 0.2) is 0 Å². The maximum absolute atomic E-state index is 12.7. The predicted octanol–water partition coefficient (Wildman–Crippen LogP) is 2.55. The zero-order valence-electron chi connectivity index (χ0n) is 8.95.